The van der Waals surface area contributed by atoms with Gasteiger partial charge in [0.05, 0.1) is 6.42 Å². The SMILES string of the molecule is CC(=O)CC(=O)Nc1cc(C)c(C(N)=O)cc1C. The van der Waals surface area contributed by atoms with Crippen LogP contribution < -0.4 is 11.1 Å². The highest BCUT2D eigenvalue weighted by molar-refractivity contribution is 6.04. The number of nitrogens with two attached hydrogens (primary N) is 1. The number of aryl methyl sites for hydroxylation is 2. The van der Waals surface area contributed by atoms with Gasteiger partial charge in [0, 0.05) is 11.3 Å². The Bertz CT molecular complexity index is 521. The van der Waals surface area contributed by atoms with Gasteiger partial charge in [-0.1, -0.05) is 0 Å². The maximum atomic E-state index is 11.5. The molecule has 0 aliphatic rings. The third-order valence-electron chi connectivity index (χ3n) is 2.52. The molecule has 0 radical (unpaired) electrons. The van der Waals surface area contributed by atoms with Crippen LogP contribution >= 0.6 is 0 Å². The fourth-order valence-electron chi connectivity index (χ4n) is 1.64. The molecule has 0 aliphatic heterocycles. The van der Waals surface area contributed by atoms with Crippen molar-refractivity contribution in [3.05, 3.63) is 28.8 Å². The van der Waals surface area contributed by atoms with Crippen LogP contribution in [-0.2, 0) is 9.59 Å². The van der Waals surface area contributed by atoms with Crippen molar-refractivity contribution in [2.45, 2.75) is 27.2 Å². The summed E-state index contributed by atoms with van der Waals surface area (Å²) in [5, 5.41) is 2.64. The Morgan fingerprint density at radius 1 is 1.17 bits per heavy atom. The molecule has 1 rings (SSSR count). The third kappa shape index (κ3) is 3.41. The Balaban J connectivity index is 2.98. The molecule has 0 fully saturated rings. The average molecular weight is 248 g/mol. The van der Waals surface area contributed by atoms with Gasteiger partial charge < -0.3 is 11.1 Å². The average Bonchev–Trinajstić information content (AvgIpc) is 2.21. The number of carbonyl (C=O) groups excluding carboxylic acids is 3. The molecule has 0 spiro atoms. The predicted octanol–water partition coefficient (Wildman–Crippen LogP) is 1.32. The first-order valence-electron chi connectivity index (χ1n) is 5.51. The first-order valence-corrected chi connectivity index (χ1v) is 5.51. The number of primary amides is 1. The minimum Gasteiger partial charge on any atom is -0.366 e. The maximum absolute atomic E-state index is 11.5. The van der Waals surface area contributed by atoms with Gasteiger partial charge in [-0.3, -0.25) is 14.4 Å². The van der Waals surface area contributed by atoms with Gasteiger partial charge in [-0.2, -0.15) is 0 Å². The quantitative estimate of drug-likeness (QED) is 0.787. The number of benzene rings is 1. The topological polar surface area (TPSA) is 89.3 Å². The van der Waals surface area contributed by atoms with Crippen molar-refractivity contribution >= 4 is 23.3 Å². The Morgan fingerprint density at radius 3 is 2.28 bits per heavy atom. The second-order valence-electron chi connectivity index (χ2n) is 4.27. The molecule has 0 aliphatic carbocycles. The molecule has 2 amide bonds. The summed E-state index contributed by atoms with van der Waals surface area (Å²) in [5.74, 6) is -1.07. The Labute approximate surface area is 105 Å². The lowest BCUT2D eigenvalue weighted by atomic mass is 10.0. The van der Waals surface area contributed by atoms with Crippen molar-refractivity contribution in [2.24, 2.45) is 5.73 Å². The summed E-state index contributed by atoms with van der Waals surface area (Å²) in [6.07, 6.45) is -0.157. The molecule has 3 N–H and O–H groups in total. The molecule has 18 heavy (non-hydrogen) atoms. The first-order chi connectivity index (χ1) is 8.31. The van der Waals surface area contributed by atoms with Crippen molar-refractivity contribution in [3.8, 4) is 0 Å². The van der Waals surface area contributed by atoms with E-state index >= 15 is 0 Å². The molecule has 5 nitrogen and oxygen atoms in total. The highest BCUT2D eigenvalue weighted by atomic mass is 16.2. The predicted molar refractivity (Wildman–Crippen MR) is 68.4 cm³/mol. The van der Waals surface area contributed by atoms with Crippen LogP contribution in [-0.4, -0.2) is 17.6 Å². The van der Waals surface area contributed by atoms with Gasteiger partial charge in [-0.15, -0.1) is 0 Å². The van der Waals surface area contributed by atoms with Gasteiger partial charge in [0.1, 0.15) is 5.78 Å². The molecule has 0 atom stereocenters. The summed E-state index contributed by atoms with van der Waals surface area (Å²) in [4.78, 5) is 33.4. The summed E-state index contributed by atoms with van der Waals surface area (Å²) in [6, 6.07) is 3.30. The normalized spacial score (nSPS) is 9.94. The van der Waals surface area contributed by atoms with E-state index in [1.165, 1.54) is 6.92 Å². The Hall–Kier alpha value is -2.17. The molecule has 0 aromatic heterocycles. The molecule has 0 heterocycles. The Kier molecular flexibility index (Phi) is 4.20. The molecule has 0 saturated carbocycles. The molecular weight excluding hydrogens is 232 g/mol. The summed E-state index contributed by atoms with van der Waals surface area (Å²) in [7, 11) is 0. The Morgan fingerprint density at radius 2 is 1.78 bits per heavy atom. The molecule has 96 valence electrons. The lowest BCUT2D eigenvalue weighted by molar-refractivity contribution is -0.124. The van der Waals surface area contributed by atoms with Crippen LogP contribution in [0.1, 0.15) is 34.8 Å². The van der Waals surface area contributed by atoms with Crippen molar-refractivity contribution in [1.29, 1.82) is 0 Å². The minimum absolute atomic E-state index is 0.157. The van der Waals surface area contributed by atoms with Crippen LogP contribution in [0.5, 0.6) is 0 Å². The molecule has 1 aromatic rings. The van der Waals surface area contributed by atoms with E-state index in [0.29, 0.717) is 16.8 Å². The zero-order valence-corrected chi connectivity index (χ0v) is 10.7. The van der Waals surface area contributed by atoms with Crippen molar-refractivity contribution in [1.82, 2.24) is 0 Å². The van der Waals surface area contributed by atoms with Crippen molar-refractivity contribution < 1.29 is 14.4 Å². The molecule has 0 bridgehead atoms. The maximum Gasteiger partial charge on any atom is 0.248 e. The zero-order valence-electron chi connectivity index (χ0n) is 10.7. The minimum atomic E-state index is -0.503. The van der Waals surface area contributed by atoms with E-state index in [0.717, 1.165) is 5.56 Å². The smallest absolute Gasteiger partial charge is 0.248 e. The zero-order chi connectivity index (χ0) is 13.9. The van der Waals surface area contributed by atoms with Gasteiger partial charge >= 0.3 is 0 Å². The van der Waals surface area contributed by atoms with Gasteiger partial charge in [-0.25, -0.2) is 0 Å². The van der Waals surface area contributed by atoms with E-state index < -0.39 is 5.91 Å². The fourth-order valence-corrected chi connectivity index (χ4v) is 1.64. The number of carbonyl (C=O) groups is 3. The molecule has 1 aromatic carbocycles. The van der Waals surface area contributed by atoms with Crippen LogP contribution in [0.4, 0.5) is 5.69 Å². The van der Waals surface area contributed by atoms with E-state index in [2.05, 4.69) is 5.32 Å². The van der Waals surface area contributed by atoms with Gasteiger partial charge in [0.2, 0.25) is 11.8 Å². The van der Waals surface area contributed by atoms with E-state index in [4.69, 9.17) is 5.73 Å². The highest BCUT2D eigenvalue weighted by Gasteiger charge is 2.11. The summed E-state index contributed by atoms with van der Waals surface area (Å²) < 4.78 is 0. The number of hydrogen-bond donors (Lipinski definition) is 2. The monoisotopic (exact) mass is 248 g/mol. The number of amides is 2. The molecule has 0 unspecified atom stereocenters. The molecular formula is C13H16N2O3. The second-order valence-corrected chi connectivity index (χ2v) is 4.27. The number of anilines is 1. The van der Waals surface area contributed by atoms with Crippen molar-refractivity contribution in [3.63, 3.8) is 0 Å². The third-order valence-corrected chi connectivity index (χ3v) is 2.52. The van der Waals surface area contributed by atoms with Gasteiger partial charge in [0.15, 0.2) is 0 Å². The largest absolute Gasteiger partial charge is 0.366 e. The van der Waals surface area contributed by atoms with E-state index in [-0.39, 0.29) is 18.1 Å². The van der Waals surface area contributed by atoms with Crippen LogP contribution in [0, 0.1) is 13.8 Å². The standard InChI is InChI=1S/C13H16N2O3/c1-7-5-11(15-12(17)6-9(3)16)8(2)4-10(7)13(14)18/h4-5H,6H2,1-3H3,(H2,14,18)(H,15,17). The number of nitrogens with one attached hydrogen (secondary N) is 1. The number of Topliss-reactive ketones (excluding diaryl/α,β-unsaturated/α-hetero) is 1. The van der Waals surface area contributed by atoms with Crippen LogP contribution in [0.3, 0.4) is 0 Å². The highest BCUT2D eigenvalue weighted by Crippen LogP contribution is 2.20. The summed E-state index contributed by atoms with van der Waals surface area (Å²) in [6.45, 7) is 4.85. The van der Waals surface area contributed by atoms with E-state index in [1.54, 1.807) is 26.0 Å². The van der Waals surface area contributed by atoms with E-state index in [9.17, 15) is 14.4 Å². The second kappa shape index (κ2) is 5.44. The molecule has 0 saturated heterocycles. The summed E-state index contributed by atoms with van der Waals surface area (Å²) in [5.41, 5.74) is 7.66. The van der Waals surface area contributed by atoms with Crippen LogP contribution in [0.2, 0.25) is 0 Å². The molecule has 5 heteroatoms. The lowest BCUT2D eigenvalue weighted by Crippen LogP contribution is -2.17. The van der Waals surface area contributed by atoms with Crippen molar-refractivity contribution in [2.75, 3.05) is 5.32 Å². The van der Waals surface area contributed by atoms with Crippen LogP contribution in [0.15, 0.2) is 12.1 Å². The number of rotatable bonds is 4. The summed E-state index contributed by atoms with van der Waals surface area (Å²) >= 11 is 0. The number of ketones is 1. The lowest BCUT2D eigenvalue weighted by Gasteiger charge is -2.11. The van der Waals surface area contributed by atoms with Crippen LogP contribution in [0.25, 0.3) is 0 Å². The van der Waals surface area contributed by atoms with Gasteiger partial charge in [-0.05, 0) is 44.0 Å². The first kappa shape index (κ1) is 13.9. The van der Waals surface area contributed by atoms with E-state index in [1.807, 2.05) is 0 Å². The fraction of sp³-hybridized carbons (Fsp3) is 0.308. The van der Waals surface area contributed by atoms with Gasteiger partial charge in [0.25, 0.3) is 0 Å². The number of hydrogen-bond acceptors (Lipinski definition) is 3.